The van der Waals surface area contributed by atoms with Crippen LogP contribution in [0.1, 0.15) is 17.0 Å². The maximum atomic E-state index is 13.1. The molecule has 0 aliphatic carbocycles. The highest BCUT2D eigenvalue weighted by atomic mass is 19.1. The van der Waals surface area contributed by atoms with Crippen molar-refractivity contribution >= 4 is 0 Å². The summed E-state index contributed by atoms with van der Waals surface area (Å²) in [5.41, 5.74) is 2.46. The van der Waals surface area contributed by atoms with Gasteiger partial charge in [-0.25, -0.2) is 4.39 Å². The second kappa shape index (κ2) is 6.37. The molecule has 3 rings (SSSR count). The van der Waals surface area contributed by atoms with Crippen molar-refractivity contribution < 1.29 is 9.13 Å². The Kier molecular flexibility index (Phi) is 4.32. The van der Waals surface area contributed by atoms with Gasteiger partial charge in [0.2, 0.25) is 0 Å². The van der Waals surface area contributed by atoms with Crippen LogP contribution in [0.5, 0.6) is 0 Å². The second-order valence-corrected chi connectivity index (χ2v) is 5.61. The van der Waals surface area contributed by atoms with E-state index in [1.54, 1.807) is 7.11 Å². The van der Waals surface area contributed by atoms with Crippen molar-refractivity contribution in [3.05, 3.63) is 71.5 Å². The minimum Gasteiger partial charge on any atom is -0.379 e. The number of benzene rings is 2. The highest BCUT2D eigenvalue weighted by Gasteiger charge is 2.33. The maximum Gasteiger partial charge on any atom is 0.123 e. The molecule has 110 valence electrons. The highest BCUT2D eigenvalue weighted by Crippen LogP contribution is 2.30. The topological polar surface area (TPSA) is 12.5 Å². The zero-order valence-electron chi connectivity index (χ0n) is 12.2. The molecule has 0 saturated carbocycles. The molecule has 0 bridgehead atoms. The first-order valence-corrected chi connectivity index (χ1v) is 7.31. The predicted octanol–water partition coefficient (Wildman–Crippen LogP) is 3.44. The predicted molar refractivity (Wildman–Crippen MR) is 81.7 cm³/mol. The van der Waals surface area contributed by atoms with Crippen molar-refractivity contribution in [1.29, 1.82) is 0 Å². The average molecular weight is 285 g/mol. The number of rotatable bonds is 4. The fourth-order valence-electron chi connectivity index (χ4n) is 3.09. The first kappa shape index (κ1) is 14.2. The van der Waals surface area contributed by atoms with Gasteiger partial charge in [0.25, 0.3) is 0 Å². The molecule has 1 aliphatic heterocycles. The van der Waals surface area contributed by atoms with Crippen molar-refractivity contribution in [2.75, 3.05) is 20.2 Å². The Balaban J connectivity index is 1.72. The van der Waals surface area contributed by atoms with Gasteiger partial charge < -0.3 is 4.74 Å². The van der Waals surface area contributed by atoms with Gasteiger partial charge in [0.15, 0.2) is 0 Å². The van der Waals surface area contributed by atoms with Crippen LogP contribution in [0, 0.1) is 5.82 Å². The van der Waals surface area contributed by atoms with Crippen LogP contribution < -0.4 is 0 Å². The molecule has 2 nitrogen and oxygen atoms in total. The van der Waals surface area contributed by atoms with Gasteiger partial charge in [-0.3, -0.25) is 4.90 Å². The summed E-state index contributed by atoms with van der Waals surface area (Å²) in [7, 11) is 1.76. The summed E-state index contributed by atoms with van der Waals surface area (Å²) < 4.78 is 18.7. The fraction of sp³-hybridized carbons (Fsp3) is 0.333. The smallest absolute Gasteiger partial charge is 0.123 e. The third kappa shape index (κ3) is 3.31. The number of nitrogens with zero attached hydrogens (tertiary/aromatic N) is 1. The highest BCUT2D eigenvalue weighted by molar-refractivity contribution is 5.24. The molecule has 1 aliphatic rings. The van der Waals surface area contributed by atoms with Crippen LogP contribution in [-0.2, 0) is 11.3 Å². The normalized spacial score (nSPS) is 22.6. The minimum atomic E-state index is -0.188. The van der Waals surface area contributed by atoms with Crippen molar-refractivity contribution in [3.63, 3.8) is 0 Å². The van der Waals surface area contributed by atoms with Crippen molar-refractivity contribution in [3.8, 4) is 0 Å². The second-order valence-electron chi connectivity index (χ2n) is 5.61. The molecular weight excluding hydrogens is 265 g/mol. The molecule has 0 spiro atoms. The van der Waals surface area contributed by atoms with Crippen LogP contribution in [0.2, 0.25) is 0 Å². The number of likely N-dealkylation sites (tertiary alicyclic amines) is 1. The lowest BCUT2D eigenvalue weighted by molar-refractivity contribution is 0.0965. The molecule has 1 saturated heterocycles. The van der Waals surface area contributed by atoms with Crippen LogP contribution in [0.3, 0.4) is 0 Å². The minimum absolute atomic E-state index is 0.166. The molecule has 0 N–H and O–H groups in total. The number of methoxy groups -OCH3 is 1. The van der Waals surface area contributed by atoms with Crippen LogP contribution in [0.25, 0.3) is 0 Å². The Morgan fingerprint density at radius 1 is 1.05 bits per heavy atom. The summed E-state index contributed by atoms with van der Waals surface area (Å²) in [5.74, 6) is 0.117. The molecule has 0 aromatic heterocycles. The van der Waals surface area contributed by atoms with E-state index in [1.807, 2.05) is 18.2 Å². The Hall–Kier alpha value is -1.71. The molecule has 21 heavy (non-hydrogen) atoms. The molecule has 1 heterocycles. The van der Waals surface area contributed by atoms with E-state index < -0.39 is 0 Å². The first-order valence-electron chi connectivity index (χ1n) is 7.31. The van der Waals surface area contributed by atoms with E-state index in [9.17, 15) is 4.39 Å². The molecule has 1 fully saturated rings. The first-order chi connectivity index (χ1) is 10.3. The molecule has 0 radical (unpaired) electrons. The van der Waals surface area contributed by atoms with Gasteiger partial charge in [-0.1, -0.05) is 42.5 Å². The van der Waals surface area contributed by atoms with Gasteiger partial charge in [0.1, 0.15) is 5.82 Å². The van der Waals surface area contributed by atoms with E-state index in [1.165, 1.54) is 17.7 Å². The number of ether oxygens (including phenoxy) is 1. The monoisotopic (exact) mass is 285 g/mol. The SMILES string of the molecule is COC1CN(Cc2ccccc2)CC1c1ccc(F)cc1. The largest absolute Gasteiger partial charge is 0.379 e. The van der Waals surface area contributed by atoms with E-state index in [2.05, 4.69) is 29.2 Å². The van der Waals surface area contributed by atoms with E-state index in [-0.39, 0.29) is 11.9 Å². The summed E-state index contributed by atoms with van der Waals surface area (Å²) in [6, 6.07) is 17.3. The van der Waals surface area contributed by atoms with Gasteiger partial charge in [-0.05, 0) is 23.3 Å². The number of hydrogen-bond donors (Lipinski definition) is 0. The van der Waals surface area contributed by atoms with E-state index in [0.29, 0.717) is 5.92 Å². The summed E-state index contributed by atoms with van der Waals surface area (Å²) in [4.78, 5) is 2.40. The maximum absolute atomic E-state index is 13.1. The Morgan fingerprint density at radius 3 is 2.43 bits per heavy atom. The zero-order valence-corrected chi connectivity index (χ0v) is 12.2. The number of halogens is 1. The zero-order chi connectivity index (χ0) is 14.7. The third-order valence-corrected chi connectivity index (χ3v) is 4.19. The molecule has 2 unspecified atom stereocenters. The van der Waals surface area contributed by atoms with Gasteiger partial charge in [-0.15, -0.1) is 0 Å². The molecule has 2 aromatic rings. The Labute approximate surface area is 125 Å². The third-order valence-electron chi connectivity index (χ3n) is 4.19. The Bertz CT molecular complexity index is 570. The fourth-order valence-corrected chi connectivity index (χ4v) is 3.09. The van der Waals surface area contributed by atoms with Crippen molar-refractivity contribution in [2.24, 2.45) is 0 Å². The lowest BCUT2D eigenvalue weighted by atomic mass is 9.96. The molecule has 2 atom stereocenters. The Morgan fingerprint density at radius 2 is 1.76 bits per heavy atom. The summed E-state index contributed by atoms with van der Waals surface area (Å²) in [6.45, 7) is 2.78. The summed E-state index contributed by atoms with van der Waals surface area (Å²) in [6.07, 6.45) is 0.166. The van der Waals surface area contributed by atoms with Gasteiger partial charge in [-0.2, -0.15) is 0 Å². The van der Waals surface area contributed by atoms with Crippen LogP contribution >= 0.6 is 0 Å². The van der Waals surface area contributed by atoms with Crippen molar-refractivity contribution in [1.82, 2.24) is 4.90 Å². The quantitative estimate of drug-likeness (QED) is 0.853. The summed E-state index contributed by atoms with van der Waals surface area (Å²) in [5, 5.41) is 0. The molecule has 2 aromatic carbocycles. The standard InChI is InChI=1S/C18H20FNO/c1-21-18-13-20(11-14-5-3-2-4-6-14)12-17(18)15-7-9-16(19)10-8-15/h2-10,17-18H,11-13H2,1H3. The molecule has 0 amide bonds. The van der Waals surface area contributed by atoms with Crippen molar-refractivity contribution in [2.45, 2.75) is 18.6 Å². The van der Waals surface area contributed by atoms with Crippen LogP contribution in [0.15, 0.2) is 54.6 Å². The molecular formula is C18H20FNO. The van der Waals surface area contributed by atoms with Crippen LogP contribution in [0.4, 0.5) is 4.39 Å². The van der Waals surface area contributed by atoms with E-state index in [0.717, 1.165) is 25.2 Å². The molecule has 3 heteroatoms. The summed E-state index contributed by atoms with van der Waals surface area (Å²) >= 11 is 0. The van der Waals surface area contributed by atoms with Gasteiger partial charge in [0.05, 0.1) is 6.10 Å². The van der Waals surface area contributed by atoms with E-state index in [4.69, 9.17) is 4.74 Å². The van der Waals surface area contributed by atoms with E-state index >= 15 is 0 Å². The van der Waals surface area contributed by atoms with Gasteiger partial charge >= 0.3 is 0 Å². The lowest BCUT2D eigenvalue weighted by Crippen LogP contribution is -2.22. The lowest BCUT2D eigenvalue weighted by Gasteiger charge is -2.17. The van der Waals surface area contributed by atoms with Crippen LogP contribution in [-0.4, -0.2) is 31.2 Å². The average Bonchev–Trinajstić information content (AvgIpc) is 2.92. The number of hydrogen-bond acceptors (Lipinski definition) is 2. The van der Waals surface area contributed by atoms with Gasteiger partial charge in [0, 0.05) is 32.7 Å².